The molecule has 28 heavy (non-hydrogen) atoms. The van der Waals surface area contributed by atoms with Crippen molar-refractivity contribution in [2.75, 3.05) is 0 Å². The Bertz CT molecular complexity index is 1050. The molecule has 0 spiro atoms. The summed E-state index contributed by atoms with van der Waals surface area (Å²) in [5.74, 6) is -1.19. The number of benzene rings is 3. The highest BCUT2D eigenvalue weighted by Gasteiger charge is 2.35. The largest absolute Gasteiger partial charge is 0.481 e. The average molecular weight is 374 g/mol. The van der Waals surface area contributed by atoms with Crippen LogP contribution < -0.4 is 10.2 Å². The summed E-state index contributed by atoms with van der Waals surface area (Å²) in [7, 11) is 0. The molecule has 3 aromatic rings. The molecule has 3 amide bonds. The molecule has 0 fully saturated rings. The fourth-order valence-corrected chi connectivity index (χ4v) is 3.21. The van der Waals surface area contributed by atoms with Crippen molar-refractivity contribution in [2.24, 2.45) is 0 Å². The Morgan fingerprint density at radius 2 is 1.50 bits per heavy atom. The van der Waals surface area contributed by atoms with Gasteiger partial charge in [-0.05, 0) is 43.5 Å². The maximum atomic E-state index is 12.8. The van der Waals surface area contributed by atoms with Gasteiger partial charge in [0.05, 0.1) is 11.1 Å². The molecule has 140 valence electrons. The van der Waals surface area contributed by atoms with Crippen LogP contribution in [-0.4, -0.2) is 28.8 Å². The molecule has 1 N–H and O–H groups in total. The zero-order valence-corrected chi connectivity index (χ0v) is 15.4. The zero-order valence-electron chi connectivity index (χ0n) is 15.4. The van der Waals surface area contributed by atoms with Gasteiger partial charge in [0.1, 0.15) is 5.75 Å². The number of nitrogens with zero attached hydrogens (tertiary/aromatic N) is 1. The normalized spacial score (nSPS) is 14.1. The number of ether oxygens (including phenoxy) is 1. The van der Waals surface area contributed by atoms with E-state index in [1.807, 2.05) is 31.2 Å². The van der Waals surface area contributed by atoms with Crippen molar-refractivity contribution < 1.29 is 19.1 Å². The van der Waals surface area contributed by atoms with Crippen molar-refractivity contribution in [3.63, 3.8) is 0 Å². The predicted octanol–water partition coefficient (Wildman–Crippen LogP) is 3.24. The quantitative estimate of drug-likeness (QED) is 0.712. The van der Waals surface area contributed by atoms with Crippen LogP contribution >= 0.6 is 0 Å². The lowest BCUT2D eigenvalue weighted by Gasteiger charge is -2.28. The number of aryl methyl sites for hydroxylation is 1. The Hall–Kier alpha value is -3.67. The van der Waals surface area contributed by atoms with E-state index in [0.717, 1.165) is 16.0 Å². The first-order valence-electron chi connectivity index (χ1n) is 8.90. The zero-order chi connectivity index (χ0) is 19.8. The minimum absolute atomic E-state index is 0.375. The van der Waals surface area contributed by atoms with E-state index in [1.165, 1.54) is 0 Å². The van der Waals surface area contributed by atoms with Crippen LogP contribution in [0.3, 0.4) is 0 Å². The highest BCUT2D eigenvalue weighted by Crippen LogP contribution is 2.29. The van der Waals surface area contributed by atoms with Gasteiger partial charge in [-0.2, -0.15) is 5.01 Å². The molecule has 0 radical (unpaired) electrons. The van der Waals surface area contributed by atoms with Gasteiger partial charge >= 0.3 is 0 Å². The predicted molar refractivity (Wildman–Crippen MR) is 104 cm³/mol. The second-order valence-electron chi connectivity index (χ2n) is 6.70. The van der Waals surface area contributed by atoms with Crippen molar-refractivity contribution in [3.8, 4) is 5.75 Å². The maximum Gasteiger partial charge on any atom is 0.280 e. The van der Waals surface area contributed by atoms with E-state index in [9.17, 15) is 14.4 Å². The molecule has 6 heteroatoms. The average Bonchev–Trinajstić information content (AvgIpc) is 2.70. The van der Waals surface area contributed by atoms with E-state index >= 15 is 0 Å². The first kappa shape index (κ1) is 17.7. The lowest BCUT2D eigenvalue weighted by Crippen LogP contribution is -2.54. The SMILES string of the molecule is Cc1ccc(OC(C)C(=O)NN2C(=O)c3cccc4cccc(c34)C2=O)cc1. The summed E-state index contributed by atoms with van der Waals surface area (Å²) in [5.41, 5.74) is 4.23. The molecule has 1 atom stereocenters. The highest BCUT2D eigenvalue weighted by atomic mass is 16.5. The number of carbonyl (C=O) groups excluding carboxylic acids is 3. The number of hydrogen-bond donors (Lipinski definition) is 1. The molecule has 1 aliphatic heterocycles. The highest BCUT2D eigenvalue weighted by molar-refractivity contribution is 6.25. The Labute approximate surface area is 161 Å². The van der Waals surface area contributed by atoms with Crippen molar-refractivity contribution in [1.82, 2.24) is 10.4 Å². The van der Waals surface area contributed by atoms with Crippen LogP contribution in [0.15, 0.2) is 60.7 Å². The number of hydrogen-bond acceptors (Lipinski definition) is 4. The van der Waals surface area contributed by atoms with Crippen molar-refractivity contribution in [1.29, 1.82) is 0 Å². The van der Waals surface area contributed by atoms with Crippen LogP contribution in [0.4, 0.5) is 0 Å². The Balaban J connectivity index is 1.56. The van der Waals surface area contributed by atoms with Gasteiger partial charge in [0.2, 0.25) is 0 Å². The van der Waals surface area contributed by atoms with Gasteiger partial charge in [0.25, 0.3) is 17.7 Å². The standard InChI is InChI=1S/C22H18N2O4/c1-13-9-11-16(12-10-13)28-14(2)20(25)23-24-21(26)17-7-3-5-15-6-4-8-18(19(15)17)22(24)27/h3-12,14H,1-2H3,(H,23,25). The van der Waals surface area contributed by atoms with Crippen molar-refractivity contribution in [3.05, 3.63) is 77.4 Å². The van der Waals surface area contributed by atoms with Gasteiger partial charge < -0.3 is 4.74 Å². The number of imide groups is 1. The van der Waals surface area contributed by atoms with Crippen molar-refractivity contribution >= 4 is 28.5 Å². The molecule has 6 nitrogen and oxygen atoms in total. The van der Waals surface area contributed by atoms with E-state index in [-0.39, 0.29) is 0 Å². The summed E-state index contributed by atoms with van der Waals surface area (Å²) in [6.45, 7) is 3.51. The summed E-state index contributed by atoms with van der Waals surface area (Å²) in [5, 5.41) is 2.17. The molecule has 0 saturated carbocycles. The number of carbonyl (C=O) groups is 3. The lowest BCUT2D eigenvalue weighted by molar-refractivity contribution is -0.130. The Kier molecular flexibility index (Phi) is 4.31. The van der Waals surface area contributed by atoms with Crippen LogP contribution in [-0.2, 0) is 4.79 Å². The van der Waals surface area contributed by atoms with Gasteiger partial charge in [-0.1, -0.05) is 42.0 Å². The van der Waals surface area contributed by atoms with Crippen LogP contribution in [0.5, 0.6) is 5.75 Å². The van der Waals surface area contributed by atoms with Crippen molar-refractivity contribution in [2.45, 2.75) is 20.0 Å². The fraction of sp³-hybridized carbons (Fsp3) is 0.136. The minimum atomic E-state index is -0.892. The van der Waals surface area contributed by atoms with E-state index in [4.69, 9.17) is 4.74 Å². The topological polar surface area (TPSA) is 75.7 Å². The summed E-state index contributed by atoms with van der Waals surface area (Å²) < 4.78 is 5.61. The second-order valence-corrected chi connectivity index (χ2v) is 6.70. The monoisotopic (exact) mass is 374 g/mol. The first-order valence-corrected chi connectivity index (χ1v) is 8.90. The number of hydrazine groups is 1. The molecular formula is C22H18N2O4. The van der Waals surface area contributed by atoms with Gasteiger partial charge in [-0.15, -0.1) is 0 Å². The third kappa shape index (κ3) is 2.99. The second kappa shape index (κ2) is 6.81. The third-order valence-electron chi connectivity index (χ3n) is 4.70. The summed E-state index contributed by atoms with van der Waals surface area (Å²) >= 11 is 0. The van der Waals surface area contributed by atoms with E-state index in [1.54, 1.807) is 43.3 Å². The lowest BCUT2D eigenvalue weighted by atomic mass is 9.95. The summed E-state index contributed by atoms with van der Waals surface area (Å²) in [4.78, 5) is 38.2. The van der Waals surface area contributed by atoms with E-state index in [2.05, 4.69) is 5.43 Å². The van der Waals surface area contributed by atoms with Gasteiger partial charge in [0, 0.05) is 5.39 Å². The number of rotatable bonds is 4. The van der Waals surface area contributed by atoms with Crippen LogP contribution in [0.1, 0.15) is 33.2 Å². The molecule has 0 bridgehead atoms. The van der Waals surface area contributed by atoms with Gasteiger partial charge in [0.15, 0.2) is 6.10 Å². The van der Waals surface area contributed by atoms with Crippen LogP contribution in [0.25, 0.3) is 10.8 Å². The molecule has 1 aliphatic rings. The summed E-state index contributed by atoms with van der Waals surface area (Å²) in [6.07, 6.45) is -0.892. The van der Waals surface area contributed by atoms with Gasteiger partial charge in [-0.3, -0.25) is 19.8 Å². The smallest absolute Gasteiger partial charge is 0.280 e. The maximum absolute atomic E-state index is 12.8. The third-order valence-corrected chi connectivity index (χ3v) is 4.70. The molecular weight excluding hydrogens is 356 g/mol. The number of nitrogens with one attached hydrogen (secondary N) is 1. The van der Waals surface area contributed by atoms with Gasteiger partial charge in [-0.25, -0.2) is 0 Å². The Morgan fingerprint density at radius 1 is 0.929 bits per heavy atom. The minimum Gasteiger partial charge on any atom is -0.481 e. The molecule has 0 saturated heterocycles. The van der Waals surface area contributed by atoms with Crippen LogP contribution in [0, 0.1) is 6.92 Å². The molecule has 0 aromatic heterocycles. The number of amides is 3. The summed E-state index contributed by atoms with van der Waals surface area (Å²) in [6, 6.07) is 17.7. The van der Waals surface area contributed by atoms with E-state index in [0.29, 0.717) is 22.3 Å². The first-order chi connectivity index (χ1) is 13.5. The Morgan fingerprint density at radius 3 is 2.07 bits per heavy atom. The molecule has 3 aromatic carbocycles. The van der Waals surface area contributed by atoms with E-state index < -0.39 is 23.8 Å². The van der Waals surface area contributed by atoms with Crippen LogP contribution in [0.2, 0.25) is 0 Å². The molecule has 1 heterocycles. The fourth-order valence-electron chi connectivity index (χ4n) is 3.21. The molecule has 4 rings (SSSR count). The molecule has 0 aliphatic carbocycles. The molecule has 1 unspecified atom stereocenters.